The minimum absolute atomic E-state index is 0.110. The number of piperidine rings is 1. The molecule has 1 aliphatic rings. The van der Waals surface area contributed by atoms with Crippen LogP contribution in [0.2, 0.25) is 5.02 Å². The van der Waals surface area contributed by atoms with E-state index in [-0.39, 0.29) is 6.61 Å². The van der Waals surface area contributed by atoms with Crippen LogP contribution in [0.3, 0.4) is 0 Å². The molecule has 0 bridgehead atoms. The second kappa shape index (κ2) is 7.25. The molecule has 1 heterocycles. The van der Waals surface area contributed by atoms with Gasteiger partial charge in [0.15, 0.2) is 0 Å². The first-order valence-electron chi connectivity index (χ1n) is 6.89. The molecule has 1 aromatic carbocycles. The molecule has 19 heavy (non-hydrogen) atoms. The van der Waals surface area contributed by atoms with Gasteiger partial charge in [-0.25, -0.2) is 0 Å². The van der Waals surface area contributed by atoms with Crippen molar-refractivity contribution in [2.24, 2.45) is 0 Å². The van der Waals surface area contributed by atoms with Crippen molar-refractivity contribution in [2.45, 2.75) is 32.4 Å². The Morgan fingerprint density at radius 3 is 2.74 bits per heavy atom. The molecule has 0 radical (unpaired) electrons. The molecule has 0 aliphatic carbocycles. The van der Waals surface area contributed by atoms with E-state index in [4.69, 9.17) is 21.4 Å². The summed E-state index contributed by atoms with van der Waals surface area (Å²) in [7, 11) is 0. The van der Waals surface area contributed by atoms with Crippen LogP contribution in [0.5, 0.6) is 0 Å². The van der Waals surface area contributed by atoms with Gasteiger partial charge in [0.25, 0.3) is 0 Å². The number of hydrogen-bond acceptors (Lipinski definition) is 3. The van der Waals surface area contributed by atoms with Crippen molar-refractivity contribution >= 4 is 11.6 Å². The normalized spacial score (nSPS) is 17.8. The number of rotatable bonds is 5. The van der Waals surface area contributed by atoms with Crippen LogP contribution < -0.4 is 0 Å². The maximum atomic E-state index is 8.75. The third kappa shape index (κ3) is 4.46. The van der Waals surface area contributed by atoms with Gasteiger partial charge >= 0.3 is 0 Å². The number of benzene rings is 1. The fourth-order valence-electron chi connectivity index (χ4n) is 2.47. The first-order chi connectivity index (χ1) is 9.19. The minimum atomic E-state index is 0.110. The third-order valence-corrected chi connectivity index (χ3v) is 3.93. The van der Waals surface area contributed by atoms with Gasteiger partial charge in [-0.15, -0.1) is 0 Å². The Labute approximate surface area is 120 Å². The van der Waals surface area contributed by atoms with Crippen LogP contribution in [-0.4, -0.2) is 42.4 Å². The lowest BCUT2D eigenvalue weighted by molar-refractivity contribution is -0.00900. The predicted octanol–water partition coefficient (Wildman–Crippen LogP) is 2.62. The van der Waals surface area contributed by atoms with Crippen LogP contribution in [0.4, 0.5) is 0 Å². The molecule has 1 fully saturated rings. The van der Waals surface area contributed by atoms with Gasteiger partial charge < -0.3 is 9.84 Å². The summed E-state index contributed by atoms with van der Waals surface area (Å²) in [4.78, 5) is 2.41. The van der Waals surface area contributed by atoms with E-state index in [1.807, 2.05) is 6.07 Å². The number of aryl methyl sites for hydroxylation is 1. The van der Waals surface area contributed by atoms with E-state index in [9.17, 15) is 0 Å². The third-order valence-electron chi connectivity index (χ3n) is 3.58. The SMILES string of the molecule is Cc1ccc(CN2CCC(OCCO)CC2)c(Cl)c1. The summed E-state index contributed by atoms with van der Waals surface area (Å²) < 4.78 is 5.57. The molecule has 0 spiro atoms. The summed E-state index contributed by atoms with van der Waals surface area (Å²) in [5.74, 6) is 0. The molecule has 0 amide bonds. The van der Waals surface area contributed by atoms with Crippen LogP contribution in [0.1, 0.15) is 24.0 Å². The fraction of sp³-hybridized carbons (Fsp3) is 0.600. The van der Waals surface area contributed by atoms with E-state index in [0.717, 1.165) is 37.5 Å². The Hall–Kier alpha value is -0.610. The van der Waals surface area contributed by atoms with Crippen LogP contribution in [0.15, 0.2) is 18.2 Å². The zero-order valence-corrected chi connectivity index (χ0v) is 12.2. The first-order valence-corrected chi connectivity index (χ1v) is 7.26. The molecule has 1 aliphatic heterocycles. The highest BCUT2D eigenvalue weighted by molar-refractivity contribution is 6.31. The lowest BCUT2D eigenvalue weighted by Gasteiger charge is -2.32. The van der Waals surface area contributed by atoms with Gasteiger partial charge in [-0.3, -0.25) is 4.90 Å². The molecule has 1 saturated heterocycles. The van der Waals surface area contributed by atoms with Gasteiger partial charge in [-0.2, -0.15) is 0 Å². The molecule has 2 rings (SSSR count). The quantitative estimate of drug-likeness (QED) is 0.902. The largest absolute Gasteiger partial charge is 0.394 e. The molecule has 0 atom stereocenters. The highest BCUT2D eigenvalue weighted by atomic mass is 35.5. The van der Waals surface area contributed by atoms with E-state index in [2.05, 4.69) is 24.0 Å². The molecular weight excluding hydrogens is 262 g/mol. The predicted molar refractivity (Wildman–Crippen MR) is 77.5 cm³/mol. The standard InChI is InChI=1S/C15H22ClNO2/c1-12-2-3-13(15(16)10-12)11-17-6-4-14(5-7-17)19-9-8-18/h2-3,10,14,18H,4-9,11H2,1H3. The van der Waals surface area contributed by atoms with Gasteiger partial charge in [-0.1, -0.05) is 23.7 Å². The van der Waals surface area contributed by atoms with Gasteiger partial charge in [0.05, 0.1) is 19.3 Å². The van der Waals surface area contributed by atoms with E-state index < -0.39 is 0 Å². The Morgan fingerprint density at radius 1 is 1.37 bits per heavy atom. The van der Waals surface area contributed by atoms with Crippen LogP contribution in [0.25, 0.3) is 0 Å². The highest BCUT2D eigenvalue weighted by Crippen LogP contribution is 2.22. The summed E-state index contributed by atoms with van der Waals surface area (Å²) in [5.41, 5.74) is 2.40. The number of aliphatic hydroxyl groups is 1. The van der Waals surface area contributed by atoms with Crippen molar-refractivity contribution < 1.29 is 9.84 Å². The second-order valence-electron chi connectivity index (χ2n) is 5.16. The number of likely N-dealkylation sites (tertiary alicyclic amines) is 1. The number of hydrogen-bond donors (Lipinski definition) is 1. The Morgan fingerprint density at radius 2 is 2.11 bits per heavy atom. The van der Waals surface area contributed by atoms with Crippen LogP contribution >= 0.6 is 11.6 Å². The molecule has 1 N–H and O–H groups in total. The van der Waals surface area contributed by atoms with E-state index >= 15 is 0 Å². The first kappa shape index (κ1) is 14.8. The topological polar surface area (TPSA) is 32.7 Å². The minimum Gasteiger partial charge on any atom is -0.394 e. The maximum absolute atomic E-state index is 8.75. The monoisotopic (exact) mass is 283 g/mol. The van der Waals surface area contributed by atoms with Gasteiger partial charge in [0.2, 0.25) is 0 Å². The summed E-state index contributed by atoms with van der Waals surface area (Å²) in [5, 5.41) is 9.61. The molecule has 1 aromatic rings. The Balaban J connectivity index is 1.82. The van der Waals surface area contributed by atoms with Crippen molar-refractivity contribution in [1.29, 1.82) is 0 Å². The number of nitrogens with zero attached hydrogens (tertiary/aromatic N) is 1. The van der Waals surface area contributed by atoms with E-state index in [1.165, 1.54) is 11.1 Å². The van der Waals surface area contributed by atoms with E-state index in [0.29, 0.717) is 12.7 Å². The summed E-state index contributed by atoms with van der Waals surface area (Å²) in [6.45, 7) is 5.58. The van der Waals surface area contributed by atoms with Crippen LogP contribution in [0, 0.1) is 6.92 Å². The Bertz CT molecular complexity index is 403. The molecule has 0 unspecified atom stereocenters. The molecule has 3 nitrogen and oxygen atoms in total. The molecular formula is C15H22ClNO2. The van der Waals surface area contributed by atoms with Gasteiger partial charge in [0.1, 0.15) is 0 Å². The van der Waals surface area contributed by atoms with Gasteiger partial charge in [0, 0.05) is 24.7 Å². The Kier molecular flexibility index (Phi) is 5.64. The van der Waals surface area contributed by atoms with Crippen molar-refractivity contribution in [3.05, 3.63) is 34.3 Å². The van der Waals surface area contributed by atoms with Gasteiger partial charge in [-0.05, 0) is 37.0 Å². The summed E-state index contributed by atoms with van der Waals surface area (Å²) in [6, 6.07) is 6.25. The van der Waals surface area contributed by atoms with Crippen molar-refractivity contribution in [2.75, 3.05) is 26.3 Å². The van der Waals surface area contributed by atoms with Crippen molar-refractivity contribution in [3.63, 3.8) is 0 Å². The molecule has 0 saturated carbocycles. The summed E-state index contributed by atoms with van der Waals surface area (Å²) in [6.07, 6.45) is 2.37. The number of ether oxygens (including phenoxy) is 1. The molecule has 0 aromatic heterocycles. The highest BCUT2D eigenvalue weighted by Gasteiger charge is 2.20. The lowest BCUT2D eigenvalue weighted by Crippen LogP contribution is -2.36. The van der Waals surface area contributed by atoms with E-state index in [1.54, 1.807) is 0 Å². The number of halogens is 1. The summed E-state index contributed by atoms with van der Waals surface area (Å²) >= 11 is 6.27. The fourth-order valence-corrected chi connectivity index (χ4v) is 2.77. The molecule has 106 valence electrons. The number of aliphatic hydroxyl groups excluding tert-OH is 1. The lowest BCUT2D eigenvalue weighted by atomic mass is 10.1. The smallest absolute Gasteiger partial charge is 0.0701 e. The average Bonchev–Trinajstić information content (AvgIpc) is 2.41. The second-order valence-corrected chi connectivity index (χ2v) is 5.57. The van der Waals surface area contributed by atoms with Crippen molar-refractivity contribution in [1.82, 2.24) is 4.90 Å². The van der Waals surface area contributed by atoms with Crippen molar-refractivity contribution in [3.8, 4) is 0 Å². The molecule has 4 heteroatoms. The zero-order valence-electron chi connectivity index (χ0n) is 11.4. The van der Waals surface area contributed by atoms with Crippen LogP contribution in [-0.2, 0) is 11.3 Å². The average molecular weight is 284 g/mol. The maximum Gasteiger partial charge on any atom is 0.0701 e. The zero-order chi connectivity index (χ0) is 13.7.